The zero-order valence-corrected chi connectivity index (χ0v) is 7.38. The van der Waals surface area contributed by atoms with Crippen molar-refractivity contribution < 1.29 is 9.18 Å². The lowest BCUT2D eigenvalue weighted by Gasteiger charge is -2.00. The second-order valence-corrected chi connectivity index (χ2v) is 2.99. The first-order valence-electron chi connectivity index (χ1n) is 4.23. The molecule has 0 bridgehead atoms. The van der Waals surface area contributed by atoms with Crippen LogP contribution in [0.3, 0.4) is 0 Å². The van der Waals surface area contributed by atoms with Crippen molar-refractivity contribution in [1.29, 1.82) is 0 Å². The van der Waals surface area contributed by atoms with Crippen LogP contribution in [0.5, 0.6) is 0 Å². The summed E-state index contributed by atoms with van der Waals surface area (Å²) in [5, 5.41) is 0.421. The van der Waals surface area contributed by atoms with Crippen LogP contribution < -0.4 is 5.73 Å². The van der Waals surface area contributed by atoms with Gasteiger partial charge in [-0.3, -0.25) is 4.79 Å². The molecule has 3 nitrogen and oxygen atoms in total. The van der Waals surface area contributed by atoms with E-state index < -0.39 is 0 Å². The summed E-state index contributed by atoms with van der Waals surface area (Å²) in [6.07, 6.45) is 1.60. The van der Waals surface area contributed by atoms with E-state index in [1.54, 1.807) is 12.3 Å². The minimum Gasteiger partial charge on any atom is -0.360 e. The lowest BCUT2D eigenvalue weighted by molar-refractivity contribution is 0.100. The average Bonchev–Trinajstić information content (AvgIpc) is 2.67. The molecule has 4 heteroatoms. The van der Waals surface area contributed by atoms with Crippen LogP contribution in [0.1, 0.15) is 10.4 Å². The Hall–Kier alpha value is -1.68. The standard InChI is InChI=1S/C10H9FN2O/c11-8-2-1-7(9(14)5-12)10-6(8)3-4-13-10/h1-4,13H,5,12H2. The topological polar surface area (TPSA) is 58.9 Å². The largest absolute Gasteiger partial charge is 0.360 e. The summed E-state index contributed by atoms with van der Waals surface area (Å²) >= 11 is 0. The van der Waals surface area contributed by atoms with Crippen molar-refractivity contribution in [3.05, 3.63) is 35.8 Å². The lowest BCUT2D eigenvalue weighted by Crippen LogP contribution is -2.14. The number of hydrogen-bond donors (Lipinski definition) is 2. The molecule has 2 rings (SSSR count). The number of halogens is 1. The van der Waals surface area contributed by atoms with Crippen molar-refractivity contribution in [2.45, 2.75) is 0 Å². The Kier molecular flexibility index (Phi) is 2.05. The fraction of sp³-hybridized carbons (Fsp3) is 0.100. The van der Waals surface area contributed by atoms with Crippen LogP contribution in [-0.4, -0.2) is 17.3 Å². The molecule has 1 heterocycles. The SMILES string of the molecule is NCC(=O)c1ccc(F)c2cc[nH]c12. The smallest absolute Gasteiger partial charge is 0.178 e. The molecule has 1 aromatic heterocycles. The Labute approximate surface area is 79.7 Å². The molecule has 0 saturated heterocycles. The summed E-state index contributed by atoms with van der Waals surface area (Å²) in [4.78, 5) is 14.2. The maximum Gasteiger partial charge on any atom is 0.178 e. The van der Waals surface area contributed by atoms with Crippen LogP contribution in [0.15, 0.2) is 24.4 Å². The van der Waals surface area contributed by atoms with Gasteiger partial charge in [-0.25, -0.2) is 4.39 Å². The molecule has 0 aliphatic heterocycles. The second-order valence-electron chi connectivity index (χ2n) is 2.99. The van der Waals surface area contributed by atoms with Crippen molar-refractivity contribution in [3.8, 4) is 0 Å². The molecule has 72 valence electrons. The molecule has 0 aliphatic carbocycles. The monoisotopic (exact) mass is 192 g/mol. The molecule has 0 radical (unpaired) electrons. The quantitative estimate of drug-likeness (QED) is 0.707. The van der Waals surface area contributed by atoms with Crippen LogP contribution in [0, 0.1) is 5.82 Å². The minimum atomic E-state index is -0.338. The number of nitrogens with two attached hydrogens (primary N) is 1. The van der Waals surface area contributed by atoms with E-state index in [-0.39, 0.29) is 18.1 Å². The number of rotatable bonds is 2. The molecule has 0 fully saturated rings. The van der Waals surface area contributed by atoms with Crippen molar-refractivity contribution in [3.63, 3.8) is 0 Å². The first-order valence-corrected chi connectivity index (χ1v) is 4.23. The highest BCUT2D eigenvalue weighted by atomic mass is 19.1. The summed E-state index contributed by atoms with van der Waals surface area (Å²) in [5.74, 6) is -0.535. The molecular weight excluding hydrogens is 183 g/mol. The number of H-pyrrole nitrogens is 1. The number of carbonyl (C=O) groups excluding carboxylic acids is 1. The van der Waals surface area contributed by atoms with Gasteiger partial charge in [0.15, 0.2) is 5.78 Å². The molecule has 2 aromatic rings. The third kappa shape index (κ3) is 1.20. The predicted molar refractivity (Wildman–Crippen MR) is 51.6 cm³/mol. The maximum absolute atomic E-state index is 13.2. The highest BCUT2D eigenvalue weighted by Crippen LogP contribution is 2.20. The van der Waals surface area contributed by atoms with Gasteiger partial charge in [0, 0.05) is 17.1 Å². The van der Waals surface area contributed by atoms with Gasteiger partial charge < -0.3 is 10.7 Å². The third-order valence-corrected chi connectivity index (χ3v) is 2.16. The van der Waals surface area contributed by atoms with Gasteiger partial charge >= 0.3 is 0 Å². The van der Waals surface area contributed by atoms with Gasteiger partial charge in [-0.1, -0.05) is 0 Å². The van der Waals surface area contributed by atoms with E-state index in [1.165, 1.54) is 12.1 Å². The molecule has 14 heavy (non-hydrogen) atoms. The van der Waals surface area contributed by atoms with Crippen molar-refractivity contribution >= 4 is 16.7 Å². The highest BCUT2D eigenvalue weighted by molar-refractivity contribution is 6.07. The number of Topliss-reactive ketones (excluding diaryl/α,β-unsaturated/α-hetero) is 1. The van der Waals surface area contributed by atoms with Crippen LogP contribution in [0.4, 0.5) is 4.39 Å². The number of carbonyl (C=O) groups is 1. The first kappa shape index (κ1) is 8.90. The van der Waals surface area contributed by atoms with Crippen molar-refractivity contribution in [2.24, 2.45) is 5.73 Å². The van der Waals surface area contributed by atoms with E-state index in [4.69, 9.17) is 5.73 Å². The molecular formula is C10H9FN2O. The van der Waals surface area contributed by atoms with Gasteiger partial charge in [-0.05, 0) is 18.2 Å². The summed E-state index contributed by atoms with van der Waals surface area (Å²) in [7, 11) is 0. The van der Waals surface area contributed by atoms with Gasteiger partial charge in [-0.15, -0.1) is 0 Å². The van der Waals surface area contributed by atoms with E-state index in [0.29, 0.717) is 16.5 Å². The maximum atomic E-state index is 13.2. The Morgan fingerprint density at radius 1 is 1.43 bits per heavy atom. The Balaban J connectivity index is 2.72. The van der Waals surface area contributed by atoms with Gasteiger partial charge in [0.2, 0.25) is 0 Å². The van der Waals surface area contributed by atoms with Crippen LogP contribution in [0.2, 0.25) is 0 Å². The number of aromatic amines is 1. The summed E-state index contributed by atoms with van der Waals surface area (Å²) < 4.78 is 13.2. The third-order valence-electron chi connectivity index (χ3n) is 2.16. The van der Waals surface area contributed by atoms with E-state index in [0.717, 1.165) is 0 Å². The highest BCUT2D eigenvalue weighted by Gasteiger charge is 2.11. The summed E-state index contributed by atoms with van der Waals surface area (Å²) in [6.45, 7) is -0.0697. The Bertz CT molecular complexity index is 490. The minimum absolute atomic E-state index is 0.0697. The molecule has 0 atom stereocenters. The Morgan fingerprint density at radius 3 is 2.93 bits per heavy atom. The molecule has 0 saturated carbocycles. The predicted octanol–water partition coefficient (Wildman–Crippen LogP) is 1.45. The van der Waals surface area contributed by atoms with Crippen LogP contribution >= 0.6 is 0 Å². The van der Waals surface area contributed by atoms with Crippen molar-refractivity contribution in [2.75, 3.05) is 6.54 Å². The van der Waals surface area contributed by atoms with Gasteiger partial charge in [-0.2, -0.15) is 0 Å². The lowest BCUT2D eigenvalue weighted by atomic mass is 10.1. The fourth-order valence-corrected chi connectivity index (χ4v) is 1.46. The van der Waals surface area contributed by atoms with Crippen molar-refractivity contribution in [1.82, 2.24) is 4.98 Å². The summed E-state index contributed by atoms with van der Waals surface area (Å²) in [6, 6.07) is 4.32. The van der Waals surface area contributed by atoms with E-state index in [9.17, 15) is 9.18 Å². The zero-order chi connectivity index (χ0) is 10.1. The first-order chi connectivity index (χ1) is 6.74. The molecule has 0 amide bonds. The average molecular weight is 192 g/mol. The van der Waals surface area contributed by atoms with E-state index in [1.807, 2.05) is 0 Å². The molecule has 0 aliphatic rings. The van der Waals surface area contributed by atoms with Crippen LogP contribution in [0.25, 0.3) is 10.9 Å². The molecule has 1 aromatic carbocycles. The van der Waals surface area contributed by atoms with E-state index in [2.05, 4.69) is 4.98 Å². The van der Waals surface area contributed by atoms with Gasteiger partial charge in [0.05, 0.1) is 12.1 Å². The fourth-order valence-electron chi connectivity index (χ4n) is 1.46. The van der Waals surface area contributed by atoms with Crippen LogP contribution in [-0.2, 0) is 0 Å². The summed E-state index contributed by atoms with van der Waals surface area (Å²) in [5.41, 5.74) is 6.20. The number of aromatic nitrogens is 1. The molecule has 3 N–H and O–H groups in total. The second kappa shape index (κ2) is 3.23. The molecule has 0 spiro atoms. The van der Waals surface area contributed by atoms with Gasteiger partial charge in [0.25, 0.3) is 0 Å². The van der Waals surface area contributed by atoms with E-state index >= 15 is 0 Å². The number of ketones is 1. The Morgan fingerprint density at radius 2 is 2.21 bits per heavy atom. The number of benzene rings is 1. The molecule has 0 unspecified atom stereocenters. The number of fused-ring (bicyclic) bond motifs is 1. The zero-order valence-electron chi connectivity index (χ0n) is 7.38. The normalized spacial score (nSPS) is 10.7. The van der Waals surface area contributed by atoms with Gasteiger partial charge in [0.1, 0.15) is 5.82 Å². The number of nitrogens with one attached hydrogen (secondary N) is 1. The number of hydrogen-bond acceptors (Lipinski definition) is 2.